The first-order chi connectivity index (χ1) is 8.81. The van der Waals surface area contributed by atoms with Gasteiger partial charge in [-0.05, 0) is 19.3 Å². The van der Waals surface area contributed by atoms with E-state index < -0.39 is 0 Å². The van der Waals surface area contributed by atoms with Crippen molar-refractivity contribution in [2.24, 2.45) is 0 Å². The normalized spacial score (nSPS) is 16.6. The topological polar surface area (TPSA) is 41.0 Å². The fourth-order valence-corrected chi connectivity index (χ4v) is 2.55. The first kappa shape index (κ1) is 13.1. The third-order valence-electron chi connectivity index (χ3n) is 3.69. The summed E-state index contributed by atoms with van der Waals surface area (Å²) in [4.78, 5) is 11.0. The number of nitrogens with zero attached hydrogens (tertiary/aromatic N) is 3. The minimum atomic E-state index is 0.646. The summed E-state index contributed by atoms with van der Waals surface area (Å²) in [5.74, 6) is 1.97. The van der Waals surface area contributed by atoms with E-state index in [1.807, 2.05) is 0 Å². The molecule has 1 aliphatic carbocycles. The monoisotopic (exact) mass is 248 g/mol. The van der Waals surface area contributed by atoms with E-state index in [1.54, 1.807) is 6.33 Å². The highest BCUT2D eigenvalue weighted by atomic mass is 15.2. The van der Waals surface area contributed by atoms with Gasteiger partial charge in [-0.15, -0.1) is 0 Å². The van der Waals surface area contributed by atoms with Gasteiger partial charge in [-0.3, -0.25) is 0 Å². The van der Waals surface area contributed by atoms with Crippen LogP contribution in [0.2, 0.25) is 0 Å². The molecule has 4 heteroatoms. The first-order valence-corrected chi connectivity index (χ1v) is 7.10. The quantitative estimate of drug-likeness (QED) is 0.869. The largest absolute Gasteiger partial charge is 0.370 e. The Morgan fingerprint density at radius 3 is 2.78 bits per heavy atom. The van der Waals surface area contributed by atoms with Crippen molar-refractivity contribution in [1.29, 1.82) is 0 Å². The third-order valence-corrected chi connectivity index (χ3v) is 3.69. The maximum Gasteiger partial charge on any atom is 0.134 e. The van der Waals surface area contributed by atoms with Gasteiger partial charge >= 0.3 is 0 Å². The average Bonchev–Trinajstić information content (AvgIpc) is 2.45. The molecule has 0 aliphatic heterocycles. The van der Waals surface area contributed by atoms with Crippen LogP contribution in [0.25, 0.3) is 0 Å². The fourth-order valence-electron chi connectivity index (χ4n) is 2.55. The van der Waals surface area contributed by atoms with Gasteiger partial charge in [0.2, 0.25) is 0 Å². The standard InChI is InChI=1S/C14H24N4/c1-3-9-15-13-10-14(17-11-16-13)18(2)12-7-5-4-6-8-12/h10-12H,3-9H2,1-2H3,(H,15,16,17). The van der Waals surface area contributed by atoms with Crippen LogP contribution in [0.3, 0.4) is 0 Å². The van der Waals surface area contributed by atoms with Crippen molar-refractivity contribution >= 4 is 11.6 Å². The second kappa shape index (κ2) is 6.57. The Labute approximate surface area is 110 Å². The van der Waals surface area contributed by atoms with E-state index in [0.717, 1.165) is 24.6 Å². The Balaban J connectivity index is 2.02. The molecule has 1 aromatic rings. The Hall–Kier alpha value is -1.32. The smallest absolute Gasteiger partial charge is 0.134 e. The van der Waals surface area contributed by atoms with Gasteiger partial charge in [-0.1, -0.05) is 26.2 Å². The summed E-state index contributed by atoms with van der Waals surface area (Å²) in [5, 5.41) is 3.31. The number of nitrogens with one attached hydrogen (secondary N) is 1. The highest BCUT2D eigenvalue weighted by Crippen LogP contribution is 2.25. The molecule has 100 valence electrons. The summed E-state index contributed by atoms with van der Waals surface area (Å²) in [5.41, 5.74) is 0. The lowest BCUT2D eigenvalue weighted by atomic mass is 9.94. The third kappa shape index (κ3) is 3.34. The number of hydrogen-bond donors (Lipinski definition) is 1. The molecule has 0 bridgehead atoms. The van der Waals surface area contributed by atoms with Crippen molar-refractivity contribution < 1.29 is 0 Å². The van der Waals surface area contributed by atoms with Crippen molar-refractivity contribution in [2.75, 3.05) is 23.8 Å². The molecule has 1 aromatic heterocycles. The molecule has 1 N–H and O–H groups in total. The molecule has 4 nitrogen and oxygen atoms in total. The molecular weight excluding hydrogens is 224 g/mol. The van der Waals surface area contributed by atoms with E-state index >= 15 is 0 Å². The fraction of sp³-hybridized carbons (Fsp3) is 0.714. The first-order valence-electron chi connectivity index (χ1n) is 7.10. The molecule has 0 unspecified atom stereocenters. The van der Waals surface area contributed by atoms with Gasteiger partial charge in [0.05, 0.1) is 0 Å². The molecule has 0 spiro atoms. The molecule has 2 rings (SSSR count). The molecule has 0 saturated heterocycles. The van der Waals surface area contributed by atoms with Gasteiger partial charge in [-0.2, -0.15) is 0 Å². The summed E-state index contributed by atoms with van der Waals surface area (Å²) >= 11 is 0. The predicted octanol–water partition coefficient (Wildman–Crippen LogP) is 3.07. The van der Waals surface area contributed by atoms with Gasteiger partial charge in [0.25, 0.3) is 0 Å². The molecule has 1 aliphatic rings. The van der Waals surface area contributed by atoms with Gasteiger partial charge in [0.15, 0.2) is 0 Å². The average molecular weight is 248 g/mol. The van der Waals surface area contributed by atoms with E-state index in [9.17, 15) is 0 Å². The van der Waals surface area contributed by atoms with E-state index in [4.69, 9.17) is 0 Å². The van der Waals surface area contributed by atoms with Crippen LogP contribution < -0.4 is 10.2 Å². The minimum Gasteiger partial charge on any atom is -0.370 e. The van der Waals surface area contributed by atoms with Crippen LogP contribution in [-0.4, -0.2) is 29.6 Å². The second-order valence-electron chi connectivity index (χ2n) is 5.09. The van der Waals surface area contributed by atoms with E-state index in [0.29, 0.717) is 6.04 Å². The maximum absolute atomic E-state index is 4.40. The lowest BCUT2D eigenvalue weighted by Crippen LogP contribution is -2.33. The summed E-state index contributed by atoms with van der Waals surface area (Å²) in [6.07, 6.45) is 9.43. The lowest BCUT2D eigenvalue weighted by molar-refractivity contribution is 0.426. The van der Waals surface area contributed by atoms with Crippen LogP contribution in [0.4, 0.5) is 11.6 Å². The summed E-state index contributed by atoms with van der Waals surface area (Å²) in [7, 11) is 2.15. The van der Waals surface area contributed by atoms with Crippen LogP contribution in [0.1, 0.15) is 45.4 Å². The summed E-state index contributed by atoms with van der Waals surface area (Å²) in [6.45, 7) is 3.12. The molecule has 1 heterocycles. The van der Waals surface area contributed by atoms with Crippen molar-refractivity contribution in [1.82, 2.24) is 9.97 Å². The molecule has 0 radical (unpaired) electrons. The van der Waals surface area contributed by atoms with Crippen molar-refractivity contribution in [3.8, 4) is 0 Å². The zero-order valence-electron chi connectivity index (χ0n) is 11.5. The Kier molecular flexibility index (Phi) is 4.79. The van der Waals surface area contributed by atoms with Gasteiger partial charge in [0, 0.05) is 25.7 Å². The zero-order valence-corrected chi connectivity index (χ0v) is 11.5. The van der Waals surface area contributed by atoms with Gasteiger partial charge < -0.3 is 10.2 Å². The van der Waals surface area contributed by atoms with Crippen LogP contribution >= 0.6 is 0 Å². The Morgan fingerprint density at radius 2 is 2.06 bits per heavy atom. The van der Waals surface area contributed by atoms with Crippen LogP contribution in [0.5, 0.6) is 0 Å². The molecule has 0 aromatic carbocycles. The van der Waals surface area contributed by atoms with E-state index in [-0.39, 0.29) is 0 Å². The van der Waals surface area contributed by atoms with Crippen LogP contribution in [0.15, 0.2) is 12.4 Å². The van der Waals surface area contributed by atoms with Gasteiger partial charge in [0.1, 0.15) is 18.0 Å². The molecule has 0 atom stereocenters. The van der Waals surface area contributed by atoms with E-state index in [1.165, 1.54) is 32.1 Å². The molecule has 18 heavy (non-hydrogen) atoms. The molecule has 1 saturated carbocycles. The number of rotatable bonds is 5. The van der Waals surface area contributed by atoms with Crippen molar-refractivity contribution in [3.05, 3.63) is 12.4 Å². The predicted molar refractivity (Wildman–Crippen MR) is 76.1 cm³/mol. The highest BCUT2D eigenvalue weighted by Gasteiger charge is 2.19. The zero-order chi connectivity index (χ0) is 12.8. The van der Waals surface area contributed by atoms with Crippen LogP contribution in [-0.2, 0) is 0 Å². The van der Waals surface area contributed by atoms with Crippen molar-refractivity contribution in [2.45, 2.75) is 51.5 Å². The molecule has 0 amide bonds. The Morgan fingerprint density at radius 1 is 1.28 bits per heavy atom. The van der Waals surface area contributed by atoms with Crippen LogP contribution in [0, 0.1) is 0 Å². The summed E-state index contributed by atoms with van der Waals surface area (Å²) < 4.78 is 0. The molecular formula is C14H24N4. The second-order valence-corrected chi connectivity index (χ2v) is 5.09. The minimum absolute atomic E-state index is 0.646. The highest BCUT2D eigenvalue weighted by molar-refractivity contribution is 5.48. The molecule has 1 fully saturated rings. The van der Waals surface area contributed by atoms with E-state index in [2.05, 4.69) is 40.2 Å². The van der Waals surface area contributed by atoms with Crippen molar-refractivity contribution in [3.63, 3.8) is 0 Å². The Bertz CT molecular complexity index is 361. The SMILES string of the molecule is CCCNc1cc(N(C)C2CCCCC2)ncn1. The van der Waals surface area contributed by atoms with Gasteiger partial charge in [-0.25, -0.2) is 9.97 Å². The number of aromatic nitrogens is 2. The number of anilines is 2. The number of hydrogen-bond acceptors (Lipinski definition) is 4. The lowest BCUT2D eigenvalue weighted by Gasteiger charge is -2.32. The maximum atomic E-state index is 4.40. The summed E-state index contributed by atoms with van der Waals surface area (Å²) in [6, 6.07) is 2.71.